The lowest BCUT2D eigenvalue weighted by molar-refractivity contribution is -0.123. The SMILES string of the molecule is O=C(CN1C(=O)CSc2ccc(S(=O)(=O)N3CCOCC3)cc21)NC1CCCCCCC1. The number of amides is 2. The third-order valence-electron chi connectivity index (χ3n) is 6.25. The molecule has 8 nitrogen and oxygen atoms in total. The molecule has 32 heavy (non-hydrogen) atoms. The van der Waals surface area contributed by atoms with Crippen LogP contribution in [0.4, 0.5) is 5.69 Å². The lowest BCUT2D eigenvalue weighted by Gasteiger charge is -2.31. The molecule has 0 aromatic heterocycles. The molecule has 1 saturated heterocycles. The van der Waals surface area contributed by atoms with Crippen molar-refractivity contribution in [2.75, 3.05) is 43.5 Å². The van der Waals surface area contributed by atoms with Gasteiger partial charge in [-0.3, -0.25) is 9.59 Å². The zero-order valence-corrected chi connectivity index (χ0v) is 19.9. The van der Waals surface area contributed by atoms with Gasteiger partial charge in [-0.25, -0.2) is 8.42 Å². The molecule has 0 bridgehead atoms. The Morgan fingerprint density at radius 3 is 2.50 bits per heavy atom. The zero-order chi connectivity index (χ0) is 22.6. The summed E-state index contributed by atoms with van der Waals surface area (Å²) >= 11 is 1.37. The van der Waals surface area contributed by atoms with Crippen molar-refractivity contribution in [3.63, 3.8) is 0 Å². The molecule has 2 amide bonds. The molecular formula is C22H31N3O5S2. The first-order valence-corrected chi connectivity index (χ1v) is 13.8. The predicted molar refractivity (Wildman–Crippen MR) is 123 cm³/mol. The number of fused-ring (bicyclic) bond motifs is 1. The molecule has 2 aliphatic heterocycles. The second-order valence-corrected chi connectivity index (χ2v) is 11.5. The van der Waals surface area contributed by atoms with E-state index in [-0.39, 0.29) is 35.0 Å². The number of sulfonamides is 1. The molecule has 1 aliphatic carbocycles. The van der Waals surface area contributed by atoms with Crippen LogP contribution in [0, 0.1) is 0 Å². The van der Waals surface area contributed by atoms with Gasteiger partial charge < -0.3 is 15.0 Å². The first kappa shape index (κ1) is 23.5. The van der Waals surface area contributed by atoms with Crippen LogP contribution < -0.4 is 10.2 Å². The van der Waals surface area contributed by atoms with Gasteiger partial charge >= 0.3 is 0 Å². The standard InChI is InChI=1S/C22H31N3O5S2/c26-21(23-17-6-4-2-1-3-5-7-17)15-25-19-14-18(8-9-20(19)31-16-22(25)27)32(28,29)24-10-12-30-13-11-24/h8-9,14,17H,1-7,10-13,15-16H2,(H,23,26). The van der Waals surface area contributed by atoms with E-state index in [0.29, 0.717) is 32.0 Å². The van der Waals surface area contributed by atoms with Gasteiger partial charge in [-0.15, -0.1) is 11.8 Å². The molecular weight excluding hydrogens is 450 g/mol. The second-order valence-electron chi connectivity index (χ2n) is 8.52. The molecule has 1 saturated carbocycles. The average Bonchev–Trinajstić information content (AvgIpc) is 2.78. The van der Waals surface area contributed by atoms with Crippen molar-refractivity contribution in [1.82, 2.24) is 9.62 Å². The van der Waals surface area contributed by atoms with E-state index < -0.39 is 10.0 Å². The van der Waals surface area contributed by atoms with Crippen LogP contribution in [0.5, 0.6) is 0 Å². The predicted octanol–water partition coefficient (Wildman–Crippen LogP) is 2.38. The van der Waals surface area contributed by atoms with Gasteiger partial charge in [0.15, 0.2) is 0 Å². The fourth-order valence-electron chi connectivity index (χ4n) is 4.47. The van der Waals surface area contributed by atoms with Crippen LogP contribution in [0.25, 0.3) is 0 Å². The third-order valence-corrected chi connectivity index (χ3v) is 9.20. The van der Waals surface area contributed by atoms with E-state index in [4.69, 9.17) is 4.74 Å². The van der Waals surface area contributed by atoms with E-state index in [2.05, 4.69) is 5.32 Å². The maximum atomic E-state index is 13.1. The lowest BCUT2D eigenvalue weighted by atomic mass is 9.97. The van der Waals surface area contributed by atoms with E-state index in [0.717, 1.165) is 30.6 Å². The topological polar surface area (TPSA) is 96.0 Å². The van der Waals surface area contributed by atoms with Gasteiger partial charge in [0.05, 0.1) is 29.5 Å². The highest BCUT2D eigenvalue weighted by Crippen LogP contribution is 2.37. The highest BCUT2D eigenvalue weighted by molar-refractivity contribution is 8.00. The number of benzene rings is 1. The number of nitrogens with one attached hydrogen (secondary N) is 1. The van der Waals surface area contributed by atoms with E-state index in [9.17, 15) is 18.0 Å². The Morgan fingerprint density at radius 2 is 1.78 bits per heavy atom. The minimum atomic E-state index is -3.69. The van der Waals surface area contributed by atoms with Crippen LogP contribution in [0.2, 0.25) is 0 Å². The number of hydrogen-bond donors (Lipinski definition) is 1. The van der Waals surface area contributed by atoms with Crippen molar-refractivity contribution in [3.8, 4) is 0 Å². The summed E-state index contributed by atoms with van der Waals surface area (Å²) in [5, 5.41) is 3.10. The quantitative estimate of drug-likeness (QED) is 0.694. The van der Waals surface area contributed by atoms with Crippen LogP contribution in [-0.2, 0) is 24.3 Å². The Bertz CT molecular complexity index is 939. The number of hydrogen-bond acceptors (Lipinski definition) is 6. The fraction of sp³-hybridized carbons (Fsp3) is 0.636. The highest BCUT2D eigenvalue weighted by Gasteiger charge is 2.31. The Labute approximate surface area is 194 Å². The minimum Gasteiger partial charge on any atom is -0.379 e. The summed E-state index contributed by atoms with van der Waals surface area (Å²) < 4.78 is 32.8. The average molecular weight is 482 g/mol. The maximum Gasteiger partial charge on any atom is 0.243 e. The second kappa shape index (κ2) is 10.5. The highest BCUT2D eigenvalue weighted by atomic mass is 32.2. The molecule has 3 aliphatic rings. The molecule has 2 fully saturated rings. The molecule has 2 heterocycles. The first-order chi connectivity index (χ1) is 15.4. The van der Waals surface area contributed by atoms with Crippen molar-refractivity contribution in [3.05, 3.63) is 18.2 Å². The number of thioether (sulfide) groups is 1. The summed E-state index contributed by atoms with van der Waals surface area (Å²) in [6, 6.07) is 5.00. The zero-order valence-electron chi connectivity index (χ0n) is 18.3. The van der Waals surface area contributed by atoms with E-state index in [1.54, 1.807) is 12.1 Å². The van der Waals surface area contributed by atoms with E-state index >= 15 is 0 Å². The number of morpholine rings is 1. The van der Waals surface area contributed by atoms with Crippen molar-refractivity contribution < 1.29 is 22.7 Å². The number of ether oxygens (including phenoxy) is 1. The van der Waals surface area contributed by atoms with Crippen molar-refractivity contribution in [2.45, 2.75) is 60.8 Å². The number of rotatable bonds is 5. The van der Waals surface area contributed by atoms with Gasteiger partial charge in [0, 0.05) is 24.0 Å². The molecule has 0 spiro atoms. The van der Waals surface area contributed by atoms with Crippen molar-refractivity contribution in [2.24, 2.45) is 0 Å². The lowest BCUT2D eigenvalue weighted by Crippen LogP contribution is -2.46. The van der Waals surface area contributed by atoms with Gasteiger partial charge in [0.25, 0.3) is 0 Å². The number of nitrogens with zero attached hydrogens (tertiary/aromatic N) is 2. The molecule has 176 valence electrons. The monoisotopic (exact) mass is 481 g/mol. The summed E-state index contributed by atoms with van der Waals surface area (Å²) in [4.78, 5) is 27.9. The number of carbonyl (C=O) groups is 2. The molecule has 1 aromatic carbocycles. The number of anilines is 1. The van der Waals surface area contributed by atoms with Crippen LogP contribution in [-0.4, -0.2) is 69.2 Å². The summed E-state index contributed by atoms with van der Waals surface area (Å²) in [5.74, 6) is -0.140. The molecule has 1 aromatic rings. The van der Waals surface area contributed by atoms with Crippen LogP contribution >= 0.6 is 11.8 Å². The van der Waals surface area contributed by atoms with Crippen LogP contribution in [0.1, 0.15) is 44.9 Å². The Kier molecular flexibility index (Phi) is 7.75. The largest absolute Gasteiger partial charge is 0.379 e. The van der Waals surface area contributed by atoms with Gasteiger partial charge in [-0.2, -0.15) is 4.31 Å². The molecule has 10 heteroatoms. The summed E-state index contributed by atoms with van der Waals surface area (Å²) in [7, 11) is -3.69. The third kappa shape index (κ3) is 5.47. The van der Waals surface area contributed by atoms with Gasteiger partial charge in [-0.05, 0) is 31.0 Å². The molecule has 4 rings (SSSR count). The van der Waals surface area contributed by atoms with Crippen LogP contribution in [0.15, 0.2) is 28.0 Å². The smallest absolute Gasteiger partial charge is 0.243 e. The molecule has 1 N–H and O–H groups in total. The van der Waals surface area contributed by atoms with E-state index in [1.807, 2.05) is 0 Å². The minimum absolute atomic E-state index is 0.0933. The maximum absolute atomic E-state index is 13.1. The van der Waals surface area contributed by atoms with Gasteiger partial charge in [0.1, 0.15) is 6.54 Å². The Hall–Kier alpha value is -1.62. The van der Waals surface area contributed by atoms with E-state index in [1.165, 1.54) is 46.3 Å². The Morgan fingerprint density at radius 1 is 1.09 bits per heavy atom. The summed E-state index contributed by atoms with van der Waals surface area (Å²) in [6.45, 7) is 1.25. The summed E-state index contributed by atoms with van der Waals surface area (Å²) in [5.41, 5.74) is 0.494. The first-order valence-electron chi connectivity index (χ1n) is 11.4. The van der Waals surface area contributed by atoms with Crippen molar-refractivity contribution >= 4 is 39.3 Å². The molecule has 0 radical (unpaired) electrons. The Balaban J connectivity index is 1.51. The normalized spacial score (nSPS) is 21.5. The molecule has 0 unspecified atom stereocenters. The van der Waals surface area contributed by atoms with Gasteiger partial charge in [0.2, 0.25) is 21.8 Å². The fourth-order valence-corrected chi connectivity index (χ4v) is 6.81. The van der Waals surface area contributed by atoms with Crippen molar-refractivity contribution in [1.29, 1.82) is 0 Å². The number of carbonyl (C=O) groups excluding carboxylic acids is 2. The summed E-state index contributed by atoms with van der Waals surface area (Å²) in [6.07, 6.45) is 7.80. The van der Waals surface area contributed by atoms with Gasteiger partial charge in [-0.1, -0.05) is 32.1 Å². The molecule has 0 atom stereocenters. The van der Waals surface area contributed by atoms with Crippen LogP contribution in [0.3, 0.4) is 0 Å².